The van der Waals surface area contributed by atoms with Gasteiger partial charge in [0.15, 0.2) is 0 Å². The first-order chi connectivity index (χ1) is 8.03. The van der Waals surface area contributed by atoms with Gasteiger partial charge in [0.2, 0.25) is 0 Å². The molecule has 0 bridgehead atoms. The molecule has 0 aromatic carbocycles. The molecule has 1 N–H and O–H groups in total. The maximum atomic E-state index is 11.4. The van der Waals surface area contributed by atoms with Crippen molar-refractivity contribution < 1.29 is 9.90 Å². The average molecular weight is 241 g/mol. The van der Waals surface area contributed by atoms with Crippen molar-refractivity contribution in [1.29, 1.82) is 0 Å². The molecular formula is C14H27NO2. The molecule has 1 aliphatic rings. The molecule has 0 saturated carbocycles. The van der Waals surface area contributed by atoms with Gasteiger partial charge in [-0.05, 0) is 39.2 Å². The molecule has 1 rings (SSSR count). The molecule has 2 atom stereocenters. The molecule has 1 heterocycles. The van der Waals surface area contributed by atoms with Crippen LogP contribution in [-0.4, -0.2) is 35.1 Å². The molecule has 3 heteroatoms. The molecule has 17 heavy (non-hydrogen) atoms. The van der Waals surface area contributed by atoms with E-state index in [2.05, 4.69) is 11.8 Å². The maximum Gasteiger partial charge on any atom is 0.310 e. The van der Waals surface area contributed by atoms with Gasteiger partial charge in [-0.15, -0.1) is 0 Å². The molecule has 0 aromatic rings. The number of aliphatic carboxylic acids is 1. The van der Waals surface area contributed by atoms with Crippen LogP contribution in [-0.2, 0) is 4.79 Å². The Morgan fingerprint density at radius 3 is 2.59 bits per heavy atom. The Balaban J connectivity index is 2.71. The topological polar surface area (TPSA) is 40.5 Å². The zero-order valence-electron chi connectivity index (χ0n) is 11.5. The first-order valence-electron chi connectivity index (χ1n) is 7.01. The van der Waals surface area contributed by atoms with Gasteiger partial charge in [-0.1, -0.05) is 26.7 Å². The minimum atomic E-state index is -0.654. The second-order valence-corrected chi connectivity index (χ2v) is 5.60. The largest absolute Gasteiger partial charge is 0.481 e. The van der Waals surface area contributed by atoms with Gasteiger partial charge in [0.05, 0.1) is 5.41 Å². The third-order valence-electron chi connectivity index (χ3n) is 4.32. The predicted molar refractivity (Wildman–Crippen MR) is 70.2 cm³/mol. The van der Waals surface area contributed by atoms with Gasteiger partial charge in [0.25, 0.3) is 0 Å². The van der Waals surface area contributed by atoms with Gasteiger partial charge >= 0.3 is 5.97 Å². The summed E-state index contributed by atoms with van der Waals surface area (Å²) in [5.41, 5.74) is -0.586. The van der Waals surface area contributed by atoms with E-state index >= 15 is 0 Å². The lowest BCUT2D eigenvalue weighted by atomic mass is 9.86. The Kier molecular flexibility index (Phi) is 5.44. The van der Waals surface area contributed by atoms with Crippen molar-refractivity contribution in [2.45, 2.75) is 65.3 Å². The summed E-state index contributed by atoms with van der Waals surface area (Å²) in [6.07, 6.45) is 6.88. The van der Waals surface area contributed by atoms with Crippen molar-refractivity contribution in [3.8, 4) is 0 Å². The molecule has 1 fully saturated rings. The number of carbonyl (C=O) groups is 1. The molecule has 0 aromatic heterocycles. The normalized spacial score (nSPS) is 26.2. The SMILES string of the molecule is CCC1CCCCCN1CC(C)(CC)C(=O)O. The molecule has 1 saturated heterocycles. The molecular weight excluding hydrogens is 214 g/mol. The number of likely N-dealkylation sites (tertiary alicyclic amines) is 1. The standard InChI is InChI=1S/C14H27NO2/c1-4-12-9-7-6-8-10-15(12)11-14(3,5-2)13(16)17/h12H,4-11H2,1-3H3,(H,16,17). The summed E-state index contributed by atoms with van der Waals surface area (Å²) in [6, 6.07) is 0.586. The minimum absolute atomic E-state index is 0.586. The molecule has 1 aliphatic heterocycles. The smallest absolute Gasteiger partial charge is 0.310 e. The molecule has 0 radical (unpaired) electrons. The predicted octanol–water partition coefficient (Wildman–Crippen LogP) is 3.14. The van der Waals surface area contributed by atoms with Crippen molar-refractivity contribution in [2.75, 3.05) is 13.1 Å². The molecule has 3 nitrogen and oxygen atoms in total. The van der Waals surface area contributed by atoms with Gasteiger partial charge in [0.1, 0.15) is 0 Å². The summed E-state index contributed by atoms with van der Waals surface area (Å²) in [4.78, 5) is 13.8. The lowest BCUT2D eigenvalue weighted by Crippen LogP contribution is -2.45. The first-order valence-corrected chi connectivity index (χ1v) is 7.01. The highest BCUT2D eigenvalue weighted by molar-refractivity contribution is 5.74. The van der Waals surface area contributed by atoms with E-state index in [1.807, 2.05) is 13.8 Å². The fourth-order valence-corrected chi connectivity index (χ4v) is 2.69. The van der Waals surface area contributed by atoms with Gasteiger partial charge in [-0.3, -0.25) is 9.69 Å². The van der Waals surface area contributed by atoms with E-state index < -0.39 is 11.4 Å². The Bertz CT molecular complexity index is 255. The molecule has 100 valence electrons. The number of carboxylic acids is 1. The van der Waals surface area contributed by atoms with E-state index in [0.29, 0.717) is 19.0 Å². The number of carboxylic acid groups (broad SMARTS) is 1. The van der Waals surface area contributed by atoms with Crippen LogP contribution in [0.25, 0.3) is 0 Å². The van der Waals surface area contributed by atoms with Crippen LogP contribution in [0.2, 0.25) is 0 Å². The number of hydrogen-bond donors (Lipinski definition) is 1. The van der Waals surface area contributed by atoms with Crippen molar-refractivity contribution in [2.24, 2.45) is 5.41 Å². The fourth-order valence-electron chi connectivity index (χ4n) is 2.69. The van der Waals surface area contributed by atoms with Crippen molar-refractivity contribution in [1.82, 2.24) is 4.90 Å². The highest BCUT2D eigenvalue weighted by atomic mass is 16.4. The van der Waals surface area contributed by atoms with Crippen LogP contribution in [0.4, 0.5) is 0 Å². The Labute approximate surface area is 105 Å². The number of nitrogens with zero attached hydrogens (tertiary/aromatic N) is 1. The van der Waals surface area contributed by atoms with Crippen molar-refractivity contribution in [3.63, 3.8) is 0 Å². The Morgan fingerprint density at radius 2 is 2.06 bits per heavy atom. The van der Waals surface area contributed by atoms with Crippen molar-refractivity contribution in [3.05, 3.63) is 0 Å². The summed E-state index contributed by atoms with van der Waals surface area (Å²) in [7, 11) is 0. The second-order valence-electron chi connectivity index (χ2n) is 5.60. The second kappa shape index (κ2) is 6.39. The highest BCUT2D eigenvalue weighted by Gasteiger charge is 2.35. The van der Waals surface area contributed by atoms with Crippen molar-refractivity contribution >= 4 is 5.97 Å². The highest BCUT2D eigenvalue weighted by Crippen LogP contribution is 2.27. The maximum absolute atomic E-state index is 11.4. The molecule has 0 spiro atoms. The number of hydrogen-bond acceptors (Lipinski definition) is 2. The summed E-state index contributed by atoms with van der Waals surface area (Å²) in [6.45, 7) is 7.85. The van der Waals surface area contributed by atoms with E-state index in [9.17, 15) is 9.90 Å². The monoisotopic (exact) mass is 241 g/mol. The zero-order chi connectivity index (χ0) is 12.9. The van der Waals surface area contributed by atoms with Gasteiger partial charge in [-0.25, -0.2) is 0 Å². The summed E-state index contributed by atoms with van der Waals surface area (Å²) in [5.74, 6) is -0.654. The molecule has 0 amide bonds. The average Bonchev–Trinajstić information content (AvgIpc) is 2.53. The summed E-state index contributed by atoms with van der Waals surface area (Å²) >= 11 is 0. The third-order valence-corrected chi connectivity index (χ3v) is 4.32. The Hall–Kier alpha value is -0.570. The van der Waals surface area contributed by atoms with E-state index in [-0.39, 0.29) is 0 Å². The van der Waals surface area contributed by atoms with E-state index in [1.54, 1.807) is 0 Å². The van der Waals surface area contributed by atoms with E-state index in [4.69, 9.17) is 0 Å². The third kappa shape index (κ3) is 3.70. The van der Waals surface area contributed by atoms with Crippen LogP contribution in [0.1, 0.15) is 59.3 Å². The molecule has 0 aliphatic carbocycles. The number of rotatable bonds is 5. The molecule has 2 unspecified atom stereocenters. The quantitative estimate of drug-likeness (QED) is 0.804. The van der Waals surface area contributed by atoms with Gasteiger partial charge in [-0.2, -0.15) is 0 Å². The van der Waals surface area contributed by atoms with E-state index in [0.717, 1.165) is 13.0 Å². The fraction of sp³-hybridized carbons (Fsp3) is 0.929. The lowest BCUT2D eigenvalue weighted by molar-refractivity contribution is -0.149. The zero-order valence-corrected chi connectivity index (χ0v) is 11.5. The van der Waals surface area contributed by atoms with Gasteiger partial charge in [0, 0.05) is 12.6 Å². The van der Waals surface area contributed by atoms with Crippen LogP contribution in [0.3, 0.4) is 0 Å². The first kappa shape index (κ1) is 14.5. The van der Waals surface area contributed by atoms with Crippen LogP contribution in [0, 0.1) is 5.41 Å². The van der Waals surface area contributed by atoms with Crippen LogP contribution in [0.5, 0.6) is 0 Å². The lowest BCUT2D eigenvalue weighted by Gasteiger charge is -2.35. The van der Waals surface area contributed by atoms with Crippen LogP contribution < -0.4 is 0 Å². The summed E-state index contributed by atoms with van der Waals surface area (Å²) < 4.78 is 0. The van der Waals surface area contributed by atoms with Gasteiger partial charge < -0.3 is 5.11 Å². The Morgan fingerprint density at radius 1 is 1.35 bits per heavy atom. The van der Waals surface area contributed by atoms with Crippen LogP contribution in [0.15, 0.2) is 0 Å². The minimum Gasteiger partial charge on any atom is -0.481 e. The summed E-state index contributed by atoms with van der Waals surface area (Å²) in [5, 5.41) is 9.37. The van der Waals surface area contributed by atoms with Crippen LogP contribution >= 0.6 is 0 Å². The van der Waals surface area contributed by atoms with E-state index in [1.165, 1.54) is 25.7 Å².